The van der Waals surface area contributed by atoms with E-state index in [1.165, 1.54) is 0 Å². The van der Waals surface area contributed by atoms with E-state index in [2.05, 4.69) is 28.5 Å². The van der Waals surface area contributed by atoms with Crippen molar-refractivity contribution in [3.63, 3.8) is 0 Å². The van der Waals surface area contributed by atoms with Gasteiger partial charge in [-0.25, -0.2) is 0 Å². The van der Waals surface area contributed by atoms with Gasteiger partial charge in [-0.2, -0.15) is 13.0 Å². The Labute approximate surface area is 194 Å². The summed E-state index contributed by atoms with van der Waals surface area (Å²) in [7, 11) is -2.34. The van der Waals surface area contributed by atoms with Crippen molar-refractivity contribution >= 4 is 66.8 Å². The maximum absolute atomic E-state index is 11.2. The SMILES string of the molecule is CCN1/C(=C/c2sc3ccc(Cl)cc3[n+]2CCCS(=O)(=O)O)Sc2ccc(OC)cc21. The first-order valence-corrected chi connectivity index (χ1v) is 13.3. The molecular weight excluding hydrogens is 476 g/mol. The van der Waals surface area contributed by atoms with Gasteiger partial charge in [-0.15, -0.1) is 0 Å². The zero-order chi connectivity index (χ0) is 22.2. The highest BCUT2D eigenvalue weighted by Gasteiger charge is 2.28. The highest BCUT2D eigenvalue weighted by Crippen LogP contribution is 2.48. The number of ether oxygens (including phenoxy) is 1. The smallest absolute Gasteiger partial charge is 0.265 e. The molecule has 31 heavy (non-hydrogen) atoms. The standard InChI is InChI=1S/C21H21ClN2O4S3/c1-3-23-17-12-15(28-2)6-8-19(17)29-20(23)13-21-24(9-4-10-31(25,26)27)16-11-14(22)5-7-18(16)30-21/h5-8,11-13H,3-4,9-10H2,1-2H3/p+1. The molecule has 1 N–H and O–H groups in total. The number of halogens is 1. The number of aromatic nitrogens is 1. The largest absolute Gasteiger partial charge is 0.497 e. The quantitative estimate of drug-likeness (QED) is 0.363. The number of thiazole rings is 1. The molecular formula is C21H22ClN2O4S3+. The Balaban J connectivity index is 1.74. The highest BCUT2D eigenvalue weighted by atomic mass is 35.5. The maximum atomic E-state index is 11.2. The van der Waals surface area contributed by atoms with Crippen LogP contribution < -0.4 is 14.2 Å². The third-order valence-corrected chi connectivity index (χ3v) is 8.24. The second-order valence-corrected chi connectivity index (χ2v) is 11.1. The maximum Gasteiger partial charge on any atom is 0.265 e. The number of hydrogen-bond acceptors (Lipinski definition) is 6. The van der Waals surface area contributed by atoms with Crippen molar-refractivity contribution in [1.82, 2.24) is 0 Å². The minimum absolute atomic E-state index is 0.283. The number of hydrogen-bond donors (Lipinski definition) is 1. The molecule has 0 fully saturated rings. The van der Waals surface area contributed by atoms with Crippen LogP contribution in [0.5, 0.6) is 5.75 Å². The van der Waals surface area contributed by atoms with Crippen LogP contribution in [0.25, 0.3) is 16.3 Å². The molecule has 0 saturated heterocycles. The third-order valence-electron chi connectivity index (χ3n) is 4.98. The zero-order valence-electron chi connectivity index (χ0n) is 17.0. The third kappa shape index (κ3) is 4.85. The topological polar surface area (TPSA) is 70.7 Å². The van der Waals surface area contributed by atoms with Crippen LogP contribution >= 0.6 is 34.7 Å². The summed E-state index contributed by atoms with van der Waals surface area (Å²) in [6, 6.07) is 11.8. The molecule has 0 saturated carbocycles. The van der Waals surface area contributed by atoms with Gasteiger partial charge in [-0.3, -0.25) is 4.55 Å². The molecule has 0 amide bonds. The van der Waals surface area contributed by atoms with E-state index in [4.69, 9.17) is 20.9 Å². The highest BCUT2D eigenvalue weighted by molar-refractivity contribution is 8.03. The summed E-state index contributed by atoms with van der Waals surface area (Å²) in [6.45, 7) is 3.36. The van der Waals surface area contributed by atoms with E-state index >= 15 is 0 Å². The average Bonchev–Trinajstić information content (AvgIpc) is 3.23. The fourth-order valence-electron chi connectivity index (χ4n) is 3.56. The Morgan fingerprint density at radius 1 is 1.26 bits per heavy atom. The zero-order valence-corrected chi connectivity index (χ0v) is 20.2. The fourth-order valence-corrected chi connectivity index (χ4v) is 6.55. The summed E-state index contributed by atoms with van der Waals surface area (Å²) in [5.74, 6) is 0.533. The molecule has 10 heteroatoms. The van der Waals surface area contributed by atoms with E-state index < -0.39 is 10.1 Å². The van der Waals surface area contributed by atoms with E-state index in [0.29, 0.717) is 18.0 Å². The van der Waals surface area contributed by atoms with Crippen LogP contribution in [0.2, 0.25) is 5.02 Å². The van der Waals surface area contributed by atoms with Gasteiger partial charge < -0.3 is 9.64 Å². The first kappa shape index (κ1) is 22.4. The molecule has 164 valence electrons. The molecule has 3 aromatic rings. The first-order valence-electron chi connectivity index (χ1n) is 9.71. The lowest BCUT2D eigenvalue weighted by Gasteiger charge is -2.17. The summed E-state index contributed by atoms with van der Waals surface area (Å²) >= 11 is 9.55. The second kappa shape index (κ2) is 8.99. The van der Waals surface area contributed by atoms with Crippen molar-refractivity contribution in [3.05, 3.63) is 51.5 Å². The number of methoxy groups -OCH3 is 1. The van der Waals surface area contributed by atoms with E-state index in [1.54, 1.807) is 30.2 Å². The van der Waals surface area contributed by atoms with E-state index in [0.717, 1.165) is 43.1 Å². The monoisotopic (exact) mass is 497 g/mol. The minimum atomic E-state index is -4.01. The van der Waals surface area contributed by atoms with Gasteiger partial charge in [-0.05, 0) is 31.2 Å². The van der Waals surface area contributed by atoms with Gasteiger partial charge in [0, 0.05) is 35.0 Å². The van der Waals surface area contributed by atoms with E-state index in [-0.39, 0.29) is 5.75 Å². The van der Waals surface area contributed by atoms with Crippen molar-refractivity contribution in [3.8, 4) is 5.75 Å². The van der Waals surface area contributed by atoms with Gasteiger partial charge in [0.25, 0.3) is 15.1 Å². The lowest BCUT2D eigenvalue weighted by atomic mass is 10.2. The summed E-state index contributed by atoms with van der Waals surface area (Å²) in [4.78, 5) is 3.40. The number of anilines is 1. The average molecular weight is 498 g/mol. The number of benzene rings is 2. The summed E-state index contributed by atoms with van der Waals surface area (Å²) < 4.78 is 40.0. The van der Waals surface area contributed by atoms with Crippen molar-refractivity contribution in [2.75, 3.05) is 24.3 Å². The number of thioether (sulfide) groups is 1. The molecule has 6 nitrogen and oxygen atoms in total. The van der Waals surface area contributed by atoms with Gasteiger partial charge in [0.2, 0.25) is 5.52 Å². The summed E-state index contributed by atoms with van der Waals surface area (Å²) in [6.07, 6.45) is 2.44. The van der Waals surface area contributed by atoms with Gasteiger partial charge in [0.15, 0.2) is 6.54 Å². The predicted octanol–water partition coefficient (Wildman–Crippen LogP) is 5.06. The molecule has 0 bridgehead atoms. The normalized spacial score (nSPS) is 15.1. The van der Waals surface area contributed by atoms with E-state index in [9.17, 15) is 8.42 Å². The fraction of sp³-hybridized carbons (Fsp3) is 0.286. The van der Waals surface area contributed by atoms with Gasteiger partial charge in [0.05, 0.1) is 29.7 Å². The Morgan fingerprint density at radius 2 is 2.06 bits per heavy atom. The number of fused-ring (bicyclic) bond motifs is 2. The molecule has 2 heterocycles. The molecule has 1 aromatic heterocycles. The van der Waals surface area contributed by atoms with Gasteiger partial charge in [0.1, 0.15) is 10.4 Å². The number of aryl methyl sites for hydroxylation is 1. The molecule has 0 aliphatic carbocycles. The van der Waals surface area contributed by atoms with Gasteiger partial charge >= 0.3 is 0 Å². The van der Waals surface area contributed by atoms with Gasteiger partial charge in [-0.1, -0.05) is 34.7 Å². The van der Waals surface area contributed by atoms with Crippen LogP contribution in [0.1, 0.15) is 18.4 Å². The molecule has 0 unspecified atom stereocenters. The second-order valence-electron chi connectivity index (χ2n) is 7.01. The number of rotatable bonds is 7. The van der Waals surface area contributed by atoms with Crippen molar-refractivity contribution in [1.29, 1.82) is 0 Å². The lowest BCUT2D eigenvalue weighted by molar-refractivity contribution is -0.668. The summed E-state index contributed by atoms with van der Waals surface area (Å²) in [5.41, 5.74) is 2.06. The molecule has 2 aromatic carbocycles. The van der Waals surface area contributed by atoms with Crippen LogP contribution in [-0.4, -0.2) is 32.4 Å². The van der Waals surface area contributed by atoms with Crippen LogP contribution in [0, 0.1) is 0 Å². The molecule has 4 rings (SSSR count). The van der Waals surface area contributed by atoms with Crippen molar-refractivity contribution in [2.45, 2.75) is 24.8 Å². The first-order chi connectivity index (χ1) is 14.8. The predicted molar refractivity (Wildman–Crippen MR) is 128 cm³/mol. The molecule has 1 aliphatic rings. The van der Waals surface area contributed by atoms with Crippen molar-refractivity contribution < 1.29 is 22.3 Å². The summed E-state index contributed by atoms with van der Waals surface area (Å²) in [5, 5.41) is 2.71. The molecule has 0 spiro atoms. The minimum Gasteiger partial charge on any atom is -0.497 e. The Bertz CT molecular complexity index is 1270. The lowest BCUT2D eigenvalue weighted by Crippen LogP contribution is -2.36. The van der Waals surface area contributed by atoms with E-state index in [1.807, 2.05) is 30.3 Å². The molecule has 0 radical (unpaired) electrons. The Morgan fingerprint density at radius 3 is 2.77 bits per heavy atom. The van der Waals surface area contributed by atoms with Crippen LogP contribution in [0.4, 0.5) is 5.69 Å². The Hall–Kier alpha value is -1.78. The Kier molecular flexibility index (Phi) is 6.50. The van der Waals surface area contributed by atoms with Crippen LogP contribution in [0.3, 0.4) is 0 Å². The van der Waals surface area contributed by atoms with Crippen LogP contribution in [-0.2, 0) is 16.7 Å². The van der Waals surface area contributed by atoms with Crippen LogP contribution in [0.15, 0.2) is 46.3 Å². The van der Waals surface area contributed by atoms with Crippen molar-refractivity contribution in [2.24, 2.45) is 0 Å². The number of nitrogens with zero attached hydrogens (tertiary/aromatic N) is 2. The molecule has 1 aliphatic heterocycles. The molecule has 0 atom stereocenters.